The summed E-state index contributed by atoms with van der Waals surface area (Å²) in [4.78, 5) is 30.5. The van der Waals surface area contributed by atoms with Crippen molar-refractivity contribution in [3.8, 4) is 11.5 Å². The lowest BCUT2D eigenvalue weighted by Crippen LogP contribution is -2.36. The maximum atomic E-state index is 13.5. The fraction of sp³-hybridized carbons (Fsp3) is 0.233. The van der Waals surface area contributed by atoms with Gasteiger partial charge >= 0.3 is 5.97 Å². The zero-order valence-electron chi connectivity index (χ0n) is 21.4. The standard InChI is InChI=1S/C30H30N2O5/c1-20(2)22-8-6-21(7-9-22)19-37-27-15-12-24(18-26(27)28(33)36-4)32-29(34)30(16-5-17-31-30)23-10-13-25(35-3)14-11-23/h5-18,20H,19H2,1-4H3,(H,32,34). The molecule has 1 unspecified atom stereocenters. The summed E-state index contributed by atoms with van der Waals surface area (Å²) in [6.07, 6.45) is 5.05. The van der Waals surface area contributed by atoms with Crippen molar-refractivity contribution < 1.29 is 23.8 Å². The highest BCUT2D eigenvalue weighted by molar-refractivity contribution is 6.04. The molecule has 0 saturated heterocycles. The number of ether oxygens (including phenoxy) is 3. The van der Waals surface area contributed by atoms with E-state index in [-0.39, 0.29) is 18.1 Å². The normalized spacial score (nSPS) is 16.0. The van der Waals surface area contributed by atoms with Gasteiger partial charge in [-0.05, 0) is 65.1 Å². The third kappa shape index (κ3) is 5.56. The second kappa shape index (κ2) is 11.1. The summed E-state index contributed by atoms with van der Waals surface area (Å²) in [5.41, 5.74) is 2.31. The van der Waals surface area contributed by atoms with Crippen LogP contribution in [0.5, 0.6) is 11.5 Å². The van der Waals surface area contributed by atoms with Crippen molar-refractivity contribution >= 4 is 23.8 Å². The summed E-state index contributed by atoms with van der Waals surface area (Å²) in [7, 11) is 2.89. The van der Waals surface area contributed by atoms with Gasteiger partial charge in [0.05, 0.1) is 14.2 Å². The third-order valence-electron chi connectivity index (χ3n) is 6.26. The molecule has 0 saturated carbocycles. The topological polar surface area (TPSA) is 86.2 Å². The molecule has 1 N–H and O–H groups in total. The van der Waals surface area contributed by atoms with E-state index in [2.05, 4.69) is 36.3 Å². The van der Waals surface area contributed by atoms with Crippen molar-refractivity contribution in [1.29, 1.82) is 0 Å². The monoisotopic (exact) mass is 498 g/mol. The highest BCUT2D eigenvalue weighted by Crippen LogP contribution is 2.34. The summed E-state index contributed by atoms with van der Waals surface area (Å²) < 4.78 is 16.1. The Bertz CT molecular complexity index is 1310. The van der Waals surface area contributed by atoms with E-state index in [9.17, 15) is 9.59 Å². The van der Waals surface area contributed by atoms with Crippen molar-refractivity contribution in [2.45, 2.75) is 31.9 Å². The molecule has 3 aromatic carbocycles. The molecule has 4 rings (SSSR count). The van der Waals surface area contributed by atoms with Gasteiger partial charge in [-0.3, -0.25) is 9.79 Å². The van der Waals surface area contributed by atoms with Crippen LogP contribution >= 0.6 is 0 Å². The van der Waals surface area contributed by atoms with Crippen LogP contribution in [0.2, 0.25) is 0 Å². The number of carbonyl (C=O) groups is 2. The molecular formula is C30H30N2O5. The maximum Gasteiger partial charge on any atom is 0.341 e. The molecule has 0 fully saturated rings. The first-order valence-corrected chi connectivity index (χ1v) is 12.0. The first kappa shape index (κ1) is 25.7. The van der Waals surface area contributed by atoms with Crippen molar-refractivity contribution in [1.82, 2.24) is 0 Å². The maximum absolute atomic E-state index is 13.5. The number of esters is 1. The van der Waals surface area contributed by atoms with E-state index in [4.69, 9.17) is 14.2 Å². The van der Waals surface area contributed by atoms with Crippen LogP contribution in [0.25, 0.3) is 0 Å². The summed E-state index contributed by atoms with van der Waals surface area (Å²) in [5.74, 6) is 0.557. The van der Waals surface area contributed by atoms with E-state index in [1.165, 1.54) is 12.7 Å². The minimum absolute atomic E-state index is 0.211. The van der Waals surface area contributed by atoms with Gasteiger partial charge in [0, 0.05) is 11.9 Å². The Kier molecular flexibility index (Phi) is 7.72. The number of allylic oxidation sites excluding steroid dienone is 1. The van der Waals surface area contributed by atoms with Gasteiger partial charge in [-0.25, -0.2) is 4.79 Å². The van der Waals surface area contributed by atoms with Crippen molar-refractivity contribution in [2.75, 3.05) is 19.5 Å². The minimum Gasteiger partial charge on any atom is -0.497 e. The van der Waals surface area contributed by atoms with Crippen molar-refractivity contribution in [3.05, 3.63) is 101 Å². The minimum atomic E-state index is -1.23. The second-order valence-corrected chi connectivity index (χ2v) is 8.97. The number of aliphatic imine (C=N–C) groups is 1. The molecule has 0 aromatic heterocycles. The van der Waals surface area contributed by atoms with Crippen LogP contribution < -0.4 is 14.8 Å². The van der Waals surface area contributed by atoms with E-state index in [1.54, 1.807) is 67.9 Å². The molecule has 7 nitrogen and oxygen atoms in total. The first-order chi connectivity index (χ1) is 17.9. The molecule has 0 bridgehead atoms. The van der Waals surface area contributed by atoms with Gasteiger partial charge in [0.25, 0.3) is 5.91 Å². The smallest absolute Gasteiger partial charge is 0.341 e. The lowest BCUT2D eigenvalue weighted by Gasteiger charge is -2.24. The quantitative estimate of drug-likeness (QED) is 0.385. The fourth-order valence-electron chi connectivity index (χ4n) is 4.06. The van der Waals surface area contributed by atoms with Crippen molar-refractivity contribution in [2.24, 2.45) is 4.99 Å². The molecule has 7 heteroatoms. The van der Waals surface area contributed by atoms with Crippen molar-refractivity contribution in [3.63, 3.8) is 0 Å². The number of nitrogens with zero attached hydrogens (tertiary/aromatic N) is 1. The van der Waals surface area contributed by atoms with Crippen LogP contribution in [-0.4, -0.2) is 32.3 Å². The summed E-state index contributed by atoms with van der Waals surface area (Å²) in [6.45, 7) is 4.57. The predicted octanol–water partition coefficient (Wildman–Crippen LogP) is 5.66. The second-order valence-electron chi connectivity index (χ2n) is 8.97. The molecule has 0 spiro atoms. The molecule has 1 aliphatic rings. The number of rotatable bonds is 9. The molecular weight excluding hydrogens is 468 g/mol. The highest BCUT2D eigenvalue weighted by atomic mass is 16.5. The van der Waals surface area contributed by atoms with E-state index in [1.807, 2.05) is 12.1 Å². The summed E-state index contributed by atoms with van der Waals surface area (Å²) in [6, 6.07) is 20.2. The lowest BCUT2D eigenvalue weighted by molar-refractivity contribution is -0.119. The molecule has 0 aliphatic carbocycles. The van der Waals surface area contributed by atoms with Crippen LogP contribution in [0, 0.1) is 0 Å². The molecule has 0 radical (unpaired) electrons. The number of nitrogens with one attached hydrogen (secondary N) is 1. The number of hydrogen-bond donors (Lipinski definition) is 1. The summed E-state index contributed by atoms with van der Waals surface area (Å²) in [5, 5.41) is 2.89. The number of amides is 1. The van der Waals surface area contributed by atoms with Crippen LogP contribution in [0.1, 0.15) is 46.8 Å². The SMILES string of the molecule is COC(=O)c1cc(NC(=O)C2(c3ccc(OC)cc3)C=CC=N2)ccc1OCc1ccc(C(C)C)cc1. The van der Waals surface area contributed by atoms with Gasteiger partial charge in [-0.1, -0.05) is 50.2 Å². The Morgan fingerprint density at radius 1 is 0.973 bits per heavy atom. The molecule has 37 heavy (non-hydrogen) atoms. The molecule has 3 aromatic rings. The van der Waals surface area contributed by atoms with Gasteiger partial charge in [0.15, 0.2) is 5.54 Å². The average molecular weight is 499 g/mol. The molecule has 1 atom stereocenters. The lowest BCUT2D eigenvalue weighted by atomic mass is 9.90. The number of benzene rings is 3. The predicted molar refractivity (Wildman–Crippen MR) is 144 cm³/mol. The number of anilines is 1. The Morgan fingerprint density at radius 3 is 2.30 bits per heavy atom. The third-order valence-corrected chi connectivity index (χ3v) is 6.26. The number of hydrogen-bond acceptors (Lipinski definition) is 6. The summed E-state index contributed by atoms with van der Waals surface area (Å²) >= 11 is 0. The van der Waals surface area contributed by atoms with Gasteiger partial charge in [-0.2, -0.15) is 0 Å². The largest absolute Gasteiger partial charge is 0.497 e. The molecule has 1 heterocycles. The Balaban J connectivity index is 1.55. The number of methoxy groups -OCH3 is 2. The fourth-order valence-corrected chi connectivity index (χ4v) is 4.06. The van der Waals surface area contributed by atoms with Gasteiger partial charge in [0.2, 0.25) is 0 Å². The molecule has 1 aliphatic heterocycles. The van der Waals surface area contributed by atoms with Crippen LogP contribution in [0.3, 0.4) is 0 Å². The van der Waals surface area contributed by atoms with E-state index >= 15 is 0 Å². The average Bonchev–Trinajstić information content (AvgIpc) is 3.43. The van der Waals surface area contributed by atoms with E-state index in [0.717, 1.165) is 5.56 Å². The molecule has 190 valence electrons. The van der Waals surface area contributed by atoms with Crippen LogP contribution in [0.15, 0.2) is 83.9 Å². The Hall–Kier alpha value is -4.39. The van der Waals surface area contributed by atoms with Crippen LogP contribution in [0.4, 0.5) is 5.69 Å². The van der Waals surface area contributed by atoms with Gasteiger partial charge in [-0.15, -0.1) is 0 Å². The zero-order chi connectivity index (χ0) is 26.4. The number of carbonyl (C=O) groups excluding carboxylic acids is 2. The zero-order valence-corrected chi connectivity index (χ0v) is 21.4. The molecule has 1 amide bonds. The first-order valence-electron chi connectivity index (χ1n) is 12.0. The van der Waals surface area contributed by atoms with Gasteiger partial charge in [0.1, 0.15) is 23.7 Å². The van der Waals surface area contributed by atoms with E-state index < -0.39 is 11.5 Å². The Morgan fingerprint density at radius 2 is 1.70 bits per heavy atom. The van der Waals surface area contributed by atoms with E-state index in [0.29, 0.717) is 28.7 Å². The van der Waals surface area contributed by atoms with Crippen LogP contribution in [-0.2, 0) is 21.7 Å². The van der Waals surface area contributed by atoms with Gasteiger partial charge < -0.3 is 19.5 Å². The Labute approximate surface area is 216 Å². The highest BCUT2D eigenvalue weighted by Gasteiger charge is 2.39.